The maximum atomic E-state index is 13.1. The molecule has 0 aliphatic rings. The van der Waals surface area contributed by atoms with E-state index in [1.807, 2.05) is 24.3 Å². The van der Waals surface area contributed by atoms with Crippen LogP contribution in [-0.4, -0.2) is 25.5 Å². The molecule has 0 aliphatic carbocycles. The fourth-order valence-electron chi connectivity index (χ4n) is 2.73. The van der Waals surface area contributed by atoms with Crippen LogP contribution in [0.1, 0.15) is 20.9 Å². The summed E-state index contributed by atoms with van der Waals surface area (Å²) in [5.74, 6) is 0.278. The maximum absolute atomic E-state index is 13.1. The van der Waals surface area contributed by atoms with Gasteiger partial charge in [0, 0.05) is 12.1 Å². The molecular formula is C20H16FN5OS. The second-order valence-electron chi connectivity index (χ2n) is 6.22. The summed E-state index contributed by atoms with van der Waals surface area (Å²) in [7, 11) is 0. The minimum absolute atomic E-state index is 0.174. The van der Waals surface area contributed by atoms with E-state index in [1.165, 1.54) is 12.1 Å². The number of aromatic nitrogens is 4. The molecule has 1 amide bonds. The second kappa shape index (κ2) is 7.69. The van der Waals surface area contributed by atoms with Crippen LogP contribution in [0, 0.1) is 12.7 Å². The smallest absolute Gasteiger partial charge is 0.265 e. The highest BCUT2D eigenvalue weighted by molar-refractivity contribution is 7.07. The summed E-state index contributed by atoms with van der Waals surface area (Å²) in [5, 5.41) is 6.71. The van der Waals surface area contributed by atoms with Crippen molar-refractivity contribution in [1.29, 1.82) is 0 Å². The third-order valence-electron chi connectivity index (χ3n) is 4.27. The van der Waals surface area contributed by atoms with Crippen LogP contribution in [-0.2, 0) is 6.54 Å². The standard InChI is InChI=1S/C20H16FN5OS/c1-12-18(28-26-25-12)20(27)23-10-13-2-4-15(5-3-13)19-22-11-17(24-19)14-6-8-16(21)9-7-14/h2-9,11H,10H2,1H3,(H,22,24)(H,23,27). The average molecular weight is 393 g/mol. The fraction of sp³-hybridized carbons (Fsp3) is 0.100. The average Bonchev–Trinajstić information content (AvgIpc) is 3.36. The molecule has 6 nitrogen and oxygen atoms in total. The predicted molar refractivity (Wildman–Crippen MR) is 105 cm³/mol. The normalized spacial score (nSPS) is 10.8. The Hall–Kier alpha value is -3.39. The lowest BCUT2D eigenvalue weighted by Gasteiger charge is -2.05. The Labute approximate surface area is 164 Å². The van der Waals surface area contributed by atoms with Crippen LogP contribution < -0.4 is 5.32 Å². The number of imidazole rings is 1. The van der Waals surface area contributed by atoms with Gasteiger partial charge in [-0.15, -0.1) is 5.10 Å². The van der Waals surface area contributed by atoms with Gasteiger partial charge < -0.3 is 10.3 Å². The van der Waals surface area contributed by atoms with E-state index in [-0.39, 0.29) is 11.7 Å². The largest absolute Gasteiger partial charge is 0.347 e. The summed E-state index contributed by atoms with van der Waals surface area (Å²) >= 11 is 1.09. The number of rotatable bonds is 5. The topological polar surface area (TPSA) is 83.6 Å². The molecule has 0 saturated carbocycles. The zero-order chi connectivity index (χ0) is 19.5. The van der Waals surface area contributed by atoms with Gasteiger partial charge in [0.15, 0.2) is 0 Å². The van der Waals surface area contributed by atoms with E-state index in [1.54, 1.807) is 25.3 Å². The maximum Gasteiger partial charge on any atom is 0.265 e. The van der Waals surface area contributed by atoms with Crippen molar-refractivity contribution in [2.45, 2.75) is 13.5 Å². The summed E-state index contributed by atoms with van der Waals surface area (Å²) in [6, 6.07) is 14.0. The minimum atomic E-state index is -0.270. The summed E-state index contributed by atoms with van der Waals surface area (Å²) in [6.07, 6.45) is 1.72. The molecule has 0 radical (unpaired) electrons. The van der Waals surface area contributed by atoms with Gasteiger partial charge in [-0.1, -0.05) is 28.8 Å². The van der Waals surface area contributed by atoms with Gasteiger partial charge in [0.1, 0.15) is 16.5 Å². The second-order valence-corrected chi connectivity index (χ2v) is 6.97. The third kappa shape index (κ3) is 3.81. The third-order valence-corrected chi connectivity index (χ3v) is 5.10. The zero-order valence-electron chi connectivity index (χ0n) is 14.9. The molecule has 2 heterocycles. The van der Waals surface area contributed by atoms with Gasteiger partial charge in [-0.05, 0) is 53.8 Å². The summed E-state index contributed by atoms with van der Waals surface area (Å²) < 4.78 is 16.8. The molecule has 140 valence electrons. The number of amides is 1. The van der Waals surface area contributed by atoms with Crippen molar-refractivity contribution in [2.24, 2.45) is 0 Å². The number of hydrogen-bond donors (Lipinski definition) is 2. The molecule has 2 aromatic heterocycles. The predicted octanol–water partition coefficient (Wildman–Crippen LogP) is 3.97. The number of carbonyl (C=O) groups excluding carboxylic acids is 1. The fourth-order valence-corrected chi connectivity index (χ4v) is 3.30. The lowest BCUT2D eigenvalue weighted by atomic mass is 10.1. The molecule has 2 N–H and O–H groups in total. The van der Waals surface area contributed by atoms with Gasteiger partial charge in [-0.3, -0.25) is 4.79 Å². The highest BCUT2D eigenvalue weighted by Gasteiger charge is 2.12. The highest BCUT2D eigenvalue weighted by atomic mass is 32.1. The van der Waals surface area contributed by atoms with Crippen molar-refractivity contribution in [1.82, 2.24) is 24.9 Å². The molecule has 0 saturated heterocycles. The molecule has 28 heavy (non-hydrogen) atoms. The van der Waals surface area contributed by atoms with Crippen molar-refractivity contribution >= 4 is 17.4 Å². The van der Waals surface area contributed by atoms with Gasteiger partial charge in [-0.25, -0.2) is 9.37 Å². The van der Waals surface area contributed by atoms with Crippen molar-refractivity contribution < 1.29 is 9.18 Å². The van der Waals surface area contributed by atoms with Crippen LogP contribution in [0.4, 0.5) is 4.39 Å². The number of nitrogens with one attached hydrogen (secondary N) is 2. The first-order valence-electron chi connectivity index (χ1n) is 8.57. The number of H-pyrrole nitrogens is 1. The first-order valence-corrected chi connectivity index (χ1v) is 9.35. The van der Waals surface area contributed by atoms with Crippen LogP contribution in [0.25, 0.3) is 22.6 Å². The van der Waals surface area contributed by atoms with Gasteiger partial charge in [-0.2, -0.15) is 0 Å². The summed E-state index contributed by atoms with van der Waals surface area (Å²) in [4.78, 5) is 20.3. The molecule has 4 rings (SSSR count). The number of carbonyl (C=O) groups is 1. The van der Waals surface area contributed by atoms with E-state index in [4.69, 9.17) is 0 Å². The van der Waals surface area contributed by atoms with Crippen LogP contribution in [0.2, 0.25) is 0 Å². The Morgan fingerprint density at radius 2 is 1.82 bits per heavy atom. The lowest BCUT2D eigenvalue weighted by molar-refractivity contribution is 0.0954. The molecular weight excluding hydrogens is 377 g/mol. The SMILES string of the molecule is Cc1nnsc1C(=O)NCc1ccc(-c2ncc(-c3ccc(F)cc3)[nH]2)cc1. The van der Waals surface area contributed by atoms with E-state index in [0.29, 0.717) is 17.1 Å². The zero-order valence-corrected chi connectivity index (χ0v) is 15.8. The number of halogens is 1. The summed E-state index contributed by atoms with van der Waals surface area (Å²) in [5.41, 5.74) is 4.21. The molecule has 0 fully saturated rings. The van der Waals surface area contributed by atoms with Gasteiger partial charge in [0.25, 0.3) is 5.91 Å². The summed E-state index contributed by atoms with van der Waals surface area (Å²) in [6.45, 7) is 2.17. The van der Waals surface area contributed by atoms with Gasteiger partial charge in [0.2, 0.25) is 0 Å². The first-order chi connectivity index (χ1) is 13.6. The molecule has 2 aromatic carbocycles. The number of nitrogens with zero attached hydrogens (tertiary/aromatic N) is 3. The quantitative estimate of drug-likeness (QED) is 0.537. The monoisotopic (exact) mass is 393 g/mol. The lowest BCUT2D eigenvalue weighted by Crippen LogP contribution is -2.22. The molecule has 0 aliphatic heterocycles. The van der Waals surface area contributed by atoms with Crippen molar-refractivity contribution in [3.05, 3.63) is 76.7 Å². The Balaban J connectivity index is 1.43. The first kappa shape index (κ1) is 18.0. The molecule has 0 unspecified atom stereocenters. The van der Waals surface area contributed by atoms with Crippen molar-refractivity contribution in [2.75, 3.05) is 0 Å². The molecule has 8 heteroatoms. The highest BCUT2D eigenvalue weighted by Crippen LogP contribution is 2.22. The van der Waals surface area contributed by atoms with E-state index < -0.39 is 0 Å². The van der Waals surface area contributed by atoms with E-state index in [2.05, 4.69) is 24.9 Å². The van der Waals surface area contributed by atoms with E-state index in [0.717, 1.165) is 39.7 Å². The molecule has 0 spiro atoms. The minimum Gasteiger partial charge on any atom is -0.347 e. The number of aryl methyl sites for hydroxylation is 1. The van der Waals surface area contributed by atoms with Crippen LogP contribution in [0.5, 0.6) is 0 Å². The molecule has 4 aromatic rings. The van der Waals surface area contributed by atoms with Crippen LogP contribution >= 0.6 is 11.5 Å². The van der Waals surface area contributed by atoms with Gasteiger partial charge >= 0.3 is 0 Å². The Kier molecular flexibility index (Phi) is 4.94. The Bertz CT molecular complexity index is 1100. The van der Waals surface area contributed by atoms with Crippen molar-refractivity contribution in [3.8, 4) is 22.6 Å². The molecule has 0 atom stereocenters. The van der Waals surface area contributed by atoms with Gasteiger partial charge in [0.05, 0.1) is 17.6 Å². The number of aromatic amines is 1. The number of hydrogen-bond acceptors (Lipinski definition) is 5. The Morgan fingerprint density at radius 3 is 2.50 bits per heavy atom. The number of benzene rings is 2. The van der Waals surface area contributed by atoms with Crippen LogP contribution in [0.15, 0.2) is 54.7 Å². The molecule has 0 bridgehead atoms. The van der Waals surface area contributed by atoms with E-state index >= 15 is 0 Å². The van der Waals surface area contributed by atoms with E-state index in [9.17, 15) is 9.18 Å². The van der Waals surface area contributed by atoms with Crippen LogP contribution in [0.3, 0.4) is 0 Å². The Morgan fingerprint density at radius 1 is 1.11 bits per heavy atom. The van der Waals surface area contributed by atoms with Crippen molar-refractivity contribution in [3.63, 3.8) is 0 Å².